The lowest BCUT2D eigenvalue weighted by Crippen LogP contribution is -2.49. The molecule has 12 heteroatoms. The van der Waals surface area contributed by atoms with Crippen LogP contribution < -0.4 is 9.64 Å². The van der Waals surface area contributed by atoms with E-state index in [1.807, 2.05) is 0 Å². The summed E-state index contributed by atoms with van der Waals surface area (Å²) < 4.78 is 82.1. The van der Waals surface area contributed by atoms with Gasteiger partial charge in [0.25, 0.3) is 5.91 Å². The molecule has 4 rings (SSSR count). The number of benzene rings is 2. The Hall–Kier alpha value is -2.73. The van der Waals surface area contributed by atoms with Crippen LogP contribution in [0.25, 0.3) is 0 Å². The van der Waals surface area contributed by atoms with Crippen molar-refractivity contribution in [1.29, 1.82) is 0 Å². The number of carbonyl (C=O) groups is 1. The molecule has 1 heterocycles. The molecule has 1 saturated carbocycles. The summed E-state index contributed by atoms with van der Waals surface area (Å²) >= 11 is 0. The van der Waals surface area contributed by atoms with Crippen molar-refractivity contribution < 1.29 is 35.1 Å². The zero-order chi connectivity index (χ0) is 25.5. The Balaban J connectivity index is 1.52. The Morgan fingerprint density at radius 2 is 1.60 bits per heavy atom. The topological polar surface area (TPSA) is 101 Å². The van der Waals surface area contributed by atoms with Crippen LogP contribution >= 0.6 is 0 Å². The third-order valence-electron chi connectivity index (χ3n) is 6.09. The van der Waals surface area contributed by atoms with Gasteiger partial charge in [-0.2, -0.15) is 0 Å². The molecular formula is C23H26F2N2O6S2. The van der Waals surface area contributed by atoms with Crippen molar-refractivity contribution in [1.82, 2.24) is 4.90 Å². The van der Waals surface area contributed by atoms with Gasteiger partial charge >= 0.3 is 0 Å². The third-order valence-corrected chi connectivity index (χ3v) is 8.31. The first-order valence-corrected chi connectivity index (χ1v) is 14.8. The zero-order valence-electron chi connectivity index (χ0n) is 19.3. The van der Waals surface area contributed by atoms with Crippen molar-refractivity contribution in [2.75, 3.05) is 50.2 Å². The van der Waals surface area contributed by atoms with Crippen LogP contribution in [0.1, 0.15) is 23.2 Å². The van der Waals surface area contributed by atoms with Gasteiger partial charge < -0.3 is 14.5 Å². The van der Waals surface area contributed by atoms with Crippen molar-refractivity contribution in [3.05, 3.63) is 47.5 Å². The van der Waals surface area contributed by atoms with Crippen LogP contribution in [0.3, 0.4) is 0 Å². The summed E-state index contributed by atoms with van der Waals surface area (Å²) in [7, 11) is -7.47. The monoisotopic (exact) mass is 528 g/mol. The molecule has 0 atom stereocenters. The molecule has 0 bridgehead atoms. The van der Waals surface area contributed by atoms with Crippen LogP contribution in [-0.2, 0) is 19.7 Å². The average molecular weight is 529 g/mol. The quantitative estimate of drug-likeness (QED) is 0.544. The van der Waals surface area contributed by atoms with E-state index in [9.17, 15) is 30.4 Å². The Morgan fingerprint density at radius 1 is 0.943 bits per heavy atom. The van der Waals surface area contributed by atoms with E-state index >= 15 is 0 Å². The van der Waals surface area contributed by atoms with Gasteiger partial charge in [-0.25, -0.2) is 25.6 Å². The lowest BCUT2D eigenvalue weighted by atomic mass is 10.1. The number of nitrogens with zero attached hydrogens (tertiary/aromatic N) is 2. The fraction of sp³-hybridized carbons (Fsp3) is 0.435. The van der Waals surface area contributed by atoms with Crippen LogP contribution in [0.2, 0.25) is 0 Å². The maximum atomic E-state index is 14.6. The molecule has 35 heavy (non-hydrogen) atoms. The predicted molar refractivity (Wildman–Crippen MR) is 125 cm³/mol. The van der Waals surface area contributed by atoms with E-state index < -0.39 is 42.1 Å². The molecule has 190 valence electrons. The molecule has 8 nitrogen and oxygen atoms in total. The van der Waals surface area contributed by atoms with Gasteiger partial charge in [-0.05, 0) is 43.0 Å². The summed E-state index contributed by atoms with van der Waals surface area (Å²) in [5.74, 6) is -1.60. The minimum Gasteiger partial charge on any atom is -0.492 e. The molecule has 0 N–H and O–H groups in total. The summed E-state index contributed by atoms with van der Waals surface area (Å²) in [6, 6.07) is 5.72. The van der Waals surface area contributed by atoms with Crippen molar-refractivity contribution in [2.24, 2.45) is 5.92 Å². The van der Waals surface area contributed by atoms with E-state index in [1.54, 1.807) is 0 Å². The summed E-state index contributed by atoms with van der Waals surface area (Å²) in [4.78, 5) is 15.6. The van der Waals surface area contributed by atoms with E-state index in [4.69, 9.17) is 4.74 Å². The smallest absolute Gasteiger partial charge is 0.257 e. The highest BCUT2D eigenvalue weighted by molar-refractivity contribution is 7.91. The average Bonchev–Trinajstić information content (AvgIpc) is 3.62. The number of hydrogen-bond acceptors (Lipinski definition) is 7. The van der Waals surface area contributed by atoms with Gasteiger partial charge in [-0.1, -0.05) is 0 Å². The van der Waals surface area contributed by atoms with Crippen molar-refractivity contribution in [3.63, 3.8) is 0 Å². The Kier molecular flexibility index (Phi) is 6.80. The van der Waals surface area contributed by atoms with Crippen LogP contribution in [-0.4, -0.2) is 72.9 Å². The van der Waals surface area contributed by atoms with Crippen LogP contribution in [0.4, 0.5) is 14.5 Å². The number of hydrogen-bond donors (Lipinski definition) is 0. The molecule has 0 unspecified atom stereocenters. The molecule has 1 aliphatic carbocycles. The van der Waals surface area contributed by atoms with Gasteiger partial charge in [0.1, 0.15) is 22.3 Å². The number of carbonyl (C=O) groups excluding carboxylic acids is 1. The van der Waals surface area contributed by atoms with Crippen LogP contribution in [0.5, 0.6) is 5.75 Å². The molecule has 1 aliphatic heterocycles. The molecule has 1 saturated heterocycles. The second-order valence-electron chi connectivity index (χ2n) is 8.97. The van der Waals surface area contributed by atoms with Gasteiger partial charge in [0.2, 0.25) is 0 Å². The summed E-state index contributed by atoms with van der Waals surface area (Å²) in [5.41, 5.74) is 0.0475. The van der Waals surface area contributed by atoms with E-state index in [1.165, 1.54) is 28.0 Å². The highest BCUT2D eigenvalue weighted by Crippen LogP contribution is 2.32. The molecule has 2 aromatic rings. The number of rotatable bonds is 7. The Labute approximate surface area is 203 Å². The lowest BCUT2D eigenvalue weighted by Gasteiger charge is -2.36. The molecule has 2 aliphatic rings. The Morgan fingerprint density at radius 3 is 2.17 bits per heavy atom. The first-order chi connectivity index (χ1) is 16.3. The summed E-state index contributed by atoms with van der Waals surface area (Å²) in [5, 5.41) is 0. The number of ether oxygens (including phenoxy) is 1. The second-order valence-corrected chi connectivity index (χ2v) is 13.0. The van der Waals surface area contributed by atoms with Crippen molar-refractivity contribution >= 4 is 31.3 Å². The van der Waals surface area contributed by atoms with Crippen molar-refractivity contribution in [3.8, 4) is 5.75 Å². The maximum absolute atomic E-state index is 14.6. The molecular weight excluding hydrogens is 502 g/mol. The van der Waals surface area contributed by atoms with Gasteiger partial charge in [0, 0.05) is 44.8 Å². The molecule has 0 spiro atoms. The minimum absolute atomic E-state index is 0.00164. The van der Waals surface area contributed by atoms with Gasteiger partial charge in [-0.3, -0.25) is 4.79 Å². The highest BCUT2D eigenvalue weighted by atomic mass is 32.2. The summed E-state index contributed by atoms with van der Waals surface area (Å²) in [6.07, 6.45) is 3.96. The number of sulfone groups is 2. The van der Waals surface area contributed by atoms with E-state index in [-0.39, 0.29) is 42.3 Å². The molecule has 2 fully saturated rings. The predicted octanol–water partition coefficient (Wildman–Crippen LogP) is 2.52. The third kappa shape index (κ3) is 5.75. The lowest BCUT2D eigenvalue weighted by molar-refractivity contribution is 0.0741. The van der Waals surface area contributed by atoms with Crippen molar-refractivity contribution in [2.45, 2.75) is 22.6 Å². The van der Waals surface area contributed by atoms with Gasteiger partial charge in [0.15, 0.2) is 19.7 Å². The zero-order valence-corrected chi connectivity index (χ0v) is 21.0. The number of piperazine rings is 1. The van der Waals surface area contributed by atoms with Gasteiger partial charge in [-0.15, -0.1) is 0 Å². The fourth-order valence-electron chi connectivity index (χ4n) is 3.89. The maximum Gasteiger partial charge on any atom is 0.257 e. The fourth-order valence-corrected chi connectivity index (χ4v) is 5.27. The van der Waals surface area contributed by atoms with E-state index in [2.05, 4.69) is 0 Å². The number of halogens is 2. The van der Waals surface area contributed by atoms with Crippen LogP contribution in [0, 0.1) is 17.6 Å². The first kappa shape index (κ1) is 25.4. The first-order valence-electron chi connectivity index (χ1n) is 11.0. The largest absolute Gasteiger partial charge is 0.492 e. The highest BCUT2D eigenvalue weighted by Gasteiger charge is 2.29. The molecule has 0 radical (unpaired) electrons. The SMILES string of the molecule is CS(=O)(=O)c1ccc(OCC2CC2)c(C(=O)N2CCN(c3cc(F)c(S(C)(=O)=O)cc3F)CC2)c1. The van der Waals surface area contributed by atoms with Crippen LogP contribution in [0.15, 0.2) is 40.1 Å². The normalized spacial score (nSPS) is 16.9. The number of amides is 1. The van der Waals surface area contributed by atoms with E-state index in [0.717, 1.165) is 31.4 Å². The molecule has 1 amide bonds. The summed E-state index contributed by atoms with van der Waals surface area (Å²) in [6.45, 7) is 1.12. The molecule has 2 aromatic carbocycles. The van der Waals surface area contributed by atoms with Gasteiger partial charge in [0.05, 0.1) is 22.8 Å². The standard InChI is InChI=1S/C23H26F2N2O6S2/c1-34(29,30)16-5-6-21(33-14-15-3-4-15)17(11-16)23(28)27-9-7-26(8-10-27)20-12-19(25)22(13-18(20)24)35(2,31)32/h5-6,11-13,15H,3-4,7-10,14H2,1-2H3. The second kappa shape index (κ2) is 9.38. The minimum atomic E-state index is -3.92. The van der Waals surface area contributed by atoms with E-state index in [0.29, 0.717) is 24.3 Å². The Bertz CT molecular complexity index is 1370. The molecule has 0 aromatic heterocycles. The number of anilines is 1.